The molecular formula is C22H34N4O4. The Balaban J connectivity index is 1.26. The highest BCUT2D eigenvalue weighted by molar-refractivity contribution is 6.02. The maximum atomic E-state index is 13.0. The molecule has 8 nitrogen and oxygen atoms in total. The summed E-state index contributed by atoms with van der Waals surface area (Å²) < 4.78 is 0. The van der Waals surface area contributed by atoms with Gasteiger partial charge in [-0.05, 0) is 56.3 Å². The zero-order valence-electron chi connectivity index (χ0n) is 17.8. The van der Waals surface area contributed by atoms with Gasteiger partial charge >= 0.3 is 6.03 Å². The molecule has 4 rings (SSSR count). The number of nitrogens with zero attached hydrogens (tertiary/aromatic N) is 1. The van der Waals surface area contributed by atoms with Crippen LogP contribution in [0.5, 0.6) is 0 Å². The number of piperidine rings is 1. The fourth-order valence-corrected chi connectivity index (χ4v) is 5.83. The van der Waals surface area contributed by atoms with Gasteiger partial charge < -0.3 is 15.5 Å². The zero-order valence-corrected chi connectivity index (χ0v) is 17.8. The minimum absolute atomic E-state index is 0.0414. The minimum atomic E-state index is -0.513. The summed E-state index contributed by atoms with van der Waals surface area (Å²) in [5.74, 6) is 0.450. The largest absolute Gasteiger partial charge is 0.338 e. The van der Waals surface area contributed by atoms with E-state index in [1.165, 1.54) is 19.3 Å². The Morgan fingerprint density at radius 3 is 2.67 bits per heavy atom. The second-order valence-electron chi connectivity index (χ2n) is 9.73. The van der Waals surface area contributed by atoms with E-state index >= 15 is 0 Å². The van der Waals surface area contributed by atoms with Gasteiger partial charge in [-0.3, -0.25) is 19.7 Å². The Hall–Kier alpha value is -2.12. The lowest BCUT2D eigenvalue weighted by molar-refractivity contribution is -0.144. The number of carbonyl (C=O) groups excluding carboxylic acids is 4. The van der Waals surface area contributed by atoms with Crippen molar-refractivity contribution < 1.29 is 19.2 Å². The Morgan fingerprint density at radius 1 is 1.10 bits per heavy atom. The van der Waals surface area contributed by atoms with Gasteiger partial charge in [-0.25, -0.2) is 4.79 Å². The van der Waals surface area contributed by atoms with Crippen LogP contribution in [0.25, 0.3) is 0 Å². The molecule has 2 aliphatic heterocycles. The molecule has 2 aliphatic carbocycles. The third-order valence-corrected chi connectivity index (χ3v) is 7.70. The summed E-state index contributed by atoms with van der Waals surface area (Å²) in [4.78, 5) is 50.6. The van der Waals surface area contributed by atoms with Crippen molar-refractivity contribution in [3.63, 3.8) is 0 Å². The lowest BCUT2D eigenvalue weighted by Crippen LogP contribution is -2.53. The molecule has 30 heavy (non-hydrogen) atoms. The van der Waals surface area contributed by atoms with E-state index in [1.807, 2.05) is 0 Å². The van der Waals surface area contributed by atoms with Crippen molar-refractivity contribution in [3.8, 4) is 0 Å². The molecule has 3 N–H and O–H groups in total. The average Bonchev–Trinajstić information content (AvgIpc) is 3.04. The molecule has 0 radical (unpaired) electrons. The van der Waals surface area contributed by atoms with E-state index in [-0.39, 0.29) is 54.0 Å². The van der Waals surface area contributed by atoms with Crippen molar-refractivity contribution in [3.05, 3.63) is 0 Å². The molecule has 0 bridgehead atoms. The number of fused-ring (bicyclic) bond motifs is 1. The first-order valence-electron chi connectivity index (χ1n) is 11.6. The van der Waals surface area contributed by atoms with Crippen LogP contribution in [0, 0.1) is 23.7 Å². The minimum Gasteiger partial charge on any atom is -0.338 e. The van der Waals surface area contributed by atoms with Gasteiger partial charge in [-0.1, -0.05) is 19.8 Å². The average molecular weight is 419 g/mol. The number of hydrogen-bond acceptors (Lipinski definition) is 4. The van der Waals surface area contributed by atoms with Crippen LogP contribution >= 0.6 is 0 Å². The van der Waals surface area contributed by atoms with E-state index in [2.05, 4.69) is 22.9 Å². The number of likely N-dealkylation sites (tertiary alicyclic amines) is 1. The van der Waals surface area contributed by atoms with Crippen molar-refractivity contribution in [2.45, 2.75) is 76.8 Å². The maximum absolute atomic E-state index is 13.0. The molecule has 6 atom stereocenters. The molecule has 4 fully saturated rings. The lowest BCUT2D eigenvalue weighted by atomic mass is 9.75. The lowest BCUT2D eigenvalue weighted by Gasteiger charge is -2.31. The van der Waals surface area contributed by atoms with Crippen molar-refractivity contribution in [1.29, 1.82) is 0 Å². The molecule has 2 saturated heterocycles. The molecular weight excluding hydrogens is 384 g/mol. The van der Waals surface area contributed by atoms with Gasteiger partial charge in [0.2, 0.25) is 17.7 Å². The first kappa shape index (κ1) is 21.1. The number of nitrogens with one attached hydrogen (secondary N) is 3. The highest BCUT2D eigenvalue weighted by Gasteiger charge is 2.48. The molecule has 5 amide bonds. The van der Waals surface area contributed by atoms with E-state index in [1.54, 1.807) is 4.90 Å². The van der Waals surface area contributed by atoms with E-state index in [0.717, 1.165) is 25.7 Å². The van der Waals surface area contributed by atoms with Crippen LogP contribution in [0.1, 0.15) is 64.7 Å². The molecule has 2 saturated carbocycles. The molecule has 6 unspecified atom stereocenters. The number of carbonyl (C=O) groups is 4. The maximum Gasteiger partial charge on any atom is 0.315 e. The van der Waals surface area contributed by atoms with Gasteiger partial charge in [0.25, 0.3) is 0 Å². The van der Waals surface area contributed by atoms with E-state index < -0.39 is 6.04 Å². The topological polar surface area (TPSA) is 108 Å². The van der Waals surface area contributed by atoms with Gasteiger partial charge in [0.1, 0.15) is 6.04 Å². The van der Waals surface area contributed by atoms with Gasteiger partial charge in [-0.15, -0.1) is 0 Å². The van der Waals surface area contributed by atoms with Gasteiger partial charge in [-0.2, -0.15) is 0 Å². The van der Waals surface area contributed by atoms with Crippen molar-refractivity contribution in [1.82, 2.24) is 20.9 Å². The first-order chi connectivity index (χ1) is 14.4. The van der Waals surface area contributed by atoms with Crippen LogP contribution in [0.15, 0.2) is 0 Å². The summed E-state index contributed by atoms with van der Waals surface area (Å²) in [6.07, 6.45) is 8.02. The Labute approximate surface area is 177 Å². The number of imide groups is 1. The number of amides is 5. The smallest absolute Gasteiger partial charge is 0.315 e. The third kappa shape index (κ3) is 4.47. The molecule has 166 valence electrons. The molecule has 0 aromatic carbocycles. The SMILES string of the molecule is CC1CCCCC1NC(=O)NCC1CCC2CN(C3CCC(=O)NC3=O)C(=O)C2C1. The monoisotopic (exact) mass is 418 g/mol. The van der Waals surface area contributed by atoms with E-state index in [0.29, 0.717) is 25.4 Å². The van der Waals surface area contributed by atoms with Gasteiger partial charge in [0.15, 0.2) is 0 Å². The normalized spacial score (nSPS) is 36.8. The van der Waals surface area contributed by atoms with Crippen molar-refractivity contribution in [2.75, 3.05) is 13.1 Å². The number of rotatable bonds is 4. The summed E-state index contributed by atoms with van der Waals surface area (Å²) in [5, 5.41) is 8.51. The van der Waals surface area contributed by atoms with Crippen molar-refractivity contribution >= 4 is 23.8 Å². The summed E-state index contributed by atoms with van der Waals surface area (Å²) in [6, 6.07) is -0.354. The molecule has 0 aromatic heterocycles. The van der Waals surface area contributed by atoms with Crippen LogP contribution in [-0.4, -0.2) is 53.8 Å². The molecule has 8 heteroatoms. The third-order valence-electron chi connectivity index (χ3n) is 7.70. The Morgan fingerprint density at radius 2 is 1.90 bits per heavy atom. The summed E-state index contributed by atoms with van der Waals surface area (Å²) >= 11 is 0. The van der Waals surface area contributed by atoms with Gasteiger partial charge in [0.05, 0.1) is 0 Å². The number of urea groups is 1. The summed E-state index contributed by atoms with van der Waals surface area (Å²) in [7, 11) is 0. The summed E-state index contributed by atoms with van der Waals surface area (Å²) in [6.45, 7) is 3.39. The standard InChI is InChI=1S/C22H34N4O4/c1-13-4-2-3-5-17(13)24-22(30)23-11-14-6-7-15-12-26(21(29)16(15)10-14)18-8-9-19(27)25-20(18)28/h13-18H,2-12H2,1H3,(H2,23,24,30)(H,25,27,28). The fourth-order valence-electron chi connectivity index (χ4n) is 5.83. The van der Waals surface area contributed by atoms with Crippen LogP contribution in [0.3, 0.4) is 0 Å². The van der Waals surface area contributed by atoms with Crippen LogP contribution in [-0.2, 0) is 14.4 Å². The number of hydrogen-bond donors (Lipinski definition) is 3. The Bertz CT molecular complexity index is 711. The molecule has 0 aromatic rings. The van der Waals surface area contributed by atoms with Crippen molar-refractivity contribution in [2.24, 2.45) is 23.7 Å². The summed E-state index contributed by atoms with van der Waals surface area (Å²) in [5.41, 5.74) is 0. The first-order valence-corrected chi connectivity index (χ1v) is 11.6. The van der Waals surface area contributed by atoms with Crippen LogP contribution in [0.4, 0.5) is 4.79 Å². The van der Waals surface area contributed by atoms with E-state index in [4.69, 9.17) is 0 Å². The molecule has 4 aliphatic rings. The highest BCUT2D eigenvalue weighted by atomic mass is 16.2. The zero-order chi connectivity index (χ0) is 21.3. The second-order valence-corrected chi connectivity index (χ2v) is 9.73. The van der Waals surface area contributed by atoms with Gasteiger partial charge in [0, 0.05) is 31.5 Å². The van der Waals surface area contributed by atoms with Crippen LogP contribution < -0.4 is 16.0 Å². The second kappa shape index (κ2) is 8.94. The van der Waals surface area contributed by atoms with Crippen LogP contribution in [0.2, 0.25) is 0 Å². The molecule has 2 heterocycles. The van der Waals surface area contributed by atoms with E-state index in [9.17, 15) is 19.2 Å². The predicted molar refractivity (Wildman–Crippen MR) is 110 cm³/mol. The fraction of sp³-hybridized carbons (Fsp3) is 0.818. The predicted octanol–water partition coefficient (Wildman–Crippen LogP) is 1.54. The molecule has 0 spiro atoms. The highest BCUT2D eigenvalue weighted by Crippen LogP contribution is 2.41. The Kier molecular flexibility index (Phi) is 6.29. The quantitative estimate of drug-likeness (QED) is 0.602.